The van der Waals surface area contributed by atoms with Crippen LogP contribution in [0.2, 0.25) is 0 Å². The van der Waals surface area contributed by atoms with E-state index in [0.717, 1.165) is 29.0 Å². The lowest BCUT2D eigenvalue weighted by molar-refractivity contribution is 0.414. The van der Waals surface area contributed by atoms with E-state index in [0.29, 0.717) is 6.54 Å². The highest BCUT2D eigenvalue weighted by Gasteiger charge is 2.04. The second kappa shape index (κ2) is 6.92. The predicted molar refractivity (Wildman–Crippen MR) is 90.6 cm³/mol. The summed E-state index contributed by atoms with van der Waals surface area (Å²) in [5.41, 5.74) is 2.87. The van der Waals surface area contributed by atoms with Crippen molar-refractivity contribution in [3.05, 3.63) is 82.6 Å². The Morgan fingerprint density at radius 1 is 0.957 bits per heavy atom. The lowest BCUT2D eigenvalue weighted by Gasteiger charge is -2.08. The number of aryl methyl sites for hydroxylation is 2. The highest BCUT2D eigenvalue weighted by Crippen LogP contribution is 2.15. The fraction of sp³-hybridized carbons (Fsp3) is 0.158. The second-order valence-corrected chi connectivity index (χ2v) is 5.24. The van der Waals surface area contributed by atoms with E-state index in [4.69, 9.17) is 4.74 Å². The Morgan fingerprint density at radius 2 is 1.70 bits per heavy atom. The van der Waals surface area contributed by atoms with E-state index in [1.54, 1.807) is 19.2 Å². The van der Waals surface area contributed by atoms with Crippen LogP contribution in [0.5, 0.6) is 5.75 Å². The molecule has 0 saturated carbocycles. The maximum atomic E-state index is 12.0. The molecule has 1 aromatic heterocycles. The Morgan fingerprint density at radius 3 is 2.39 bits per heavy atom. The fourth-order valence-electron chi connectivity index (χ4n) is 2.40. The molecule has 0 fully saturated rings. The quantitative estimate of drug-likeness (QED) is 0.727. The summed E-state index contributed by atoms with van der Waals surface area (Å²) < 4.78 is 6.67. The summed E-state index contributed by atoms with van der Waals surface area (Å²) in [5.74, 6) is 0.829. The molecule has 0 amide bonds. The summed E-state index contributed by atoms with van der Waals surface area (Å²) in [6.45, 7) is 0.547. The van der Waals surface area contributed by atoms with Crippen molar-refractivity contribution in [1.29, 1.82) is 0 Å². The van der Waals surface area contributed by atoms with E-state index in [-0.39, 0.29) is 5.56 Å². The molecule has 0 radical (unpaired) electrons. The third-order valence-electron chi connectivity index (χ3n) is 3.71. The average molecular weight is 306 g/mol. The molecule has 1 heterocycles. The van der Waals surface area contributed by atoms with Crippen molar-refractivity contribution in [3.8, 4) is 17.0 Å². The smallest absolute Gasteiger partial charge is 0.266 e. The van der Waals surface area contributed by atoms with E-state index in [9.17, 15) is 4.79 Å². The molecule has 4 heteroatoms. The van der Waals surface area contributed by atoms with Gasteiger partial charge in [0.15, 0.2) is 0 Å². The molecule has 3 aromatic rings. The number of hydrogen-bond donors (Lipinski definition) is 0. The number of benzene rings is 2. The van der Waals surface area contributed by atoms with Gasteiger partial charge in [0.1, 0.15) is 5.75 Å². The minimum atomic E-state index is -0.0850. The third-order valence-corrected chi connectivity index (χ3v) is 3.71. The highest BCUT2D eigenvalue weighted by molar-refractivity contribution is 5.57. The van der Waals surface area contributed by atoms with Gasteiger partial charge in [-0.05, 0) is 30.2 Å². The zero-order chi connectivity index (χ0) is 16.1. The zero-order valence-corrected chi connectivity index (χ0v) is 13.0. The van der Waals surface area contributed by atoms with Gasteiger partial charge in [-0.1, -0.05) is 42.5 Å². The van der Waals surface area contributed by atoms with Gasteiger partial charge in [-0.25, -0.2) is 4.68 Å². The highest BCUT2D eigenvalue weighted by atomic mass is 16.5. The van der Waals surface area contributed by atoms with Crippen LogP contribution in [0.15, 0.2) is 71.5 Å². The van der Waals surface area contributed by atoms with Gasteiger partial charge >= 0.3 is 0 Å². The van der Waals surface area contributed by atoms with Crippen molar-refractivity contribution in [1.82, 2.24) is 9.78 Å². The van der Waals surface area contributed by atoms with Crippen LogP contribution < -0.4 is 10.3 Å². The van der Waals surface area contributed by atoms with Gasteiger partial charge in [-0.15, -0.1) is 0 Å². The maximum Gasteiger partial charge on any atom is 0.266 e. The van der Waals surface area contributed by atoms with Gasteiger partial charge in [0.2, 0.25) is 0 Å². The molecule has 116 valence electrons. The van der Waals surface area contributed by atoms with Gasteiger partial charge in [-0.3, -0.25) is 4.79 Å². The Bertz CT molecular complexity index is 824. The molecule has 0 aliphatic carbocycles. The molecule has 0 spiro atoms. The first-order chi connectivity index (χ1) is 11.3. The van der Waals surface area contributed by atoms with Gasteiger partial charge in [0.05, 0.1) is 12.8 Å². The molecular formula is C19H18N2O2. The summed E-state index contributed by atoms with van der Waals surface area (Å²) in [6, 6.07) is 21.1. The number of rotatable bonds is 5. The second-order valence-electron chi connectivity index (χ2n) is 5.24. The van der Waals surface area contributed by atoms with Crippen LogP contribution in [0.1, 0.15) is 5.56 Å². The third kappa shape index (κ3) is 3.66. The van der Waals surface area contributed by atoms with Crippen LogP contribution in [-0.4, -0.2) is 16.9 Å². The largest absolute Gasteiger partial charge is 0.497 e. The average Bonchev–Trinajstić information content (AvgIpc) is 2.62. The van der Waals surface area contributed by atoms with E-state index in [1.165, 1.54) is 4.68 Å². The minimum absolute atomic E-state index is 0.0850. The molecule has 0 aliphatic rings. The molecule has 0 atom stereocenters. The van der Waals surface area contributed by atoms with Crippen molar-refractivity contribution >= 4 is 0 Å². The van der Waals surface area contributed by atoms with Crippen molar-refractivity contribution in [3.63, 3.8) is 0 Å². The SMILES string of the molecule is COc1ccc(CCn2nc(-c3ccccc3)ccc2=O)cc1. The fourth-order valence-corrected chi connectivity index (χ4v) is 2.40. The Labute approximate surface area is 135 Å². The molecule has 2 aromatic carbocycles. The summed E-state index contributed by atoms with van der Waals surface area (Å²) >= 11 is 0. The van der Waals surface area contributed by atoms with Crippen LogP contribution in [-0.2, 0) is 13.0 Å². The van der Waals surface area contributed by atoms with Crippen LogP contribution in [0.3, 0.4) is 0 Å². The van der Waals surface area contributed by atoms with Crippen LogP contribution in [0, 0.1) is 0 Å². The number of methoxy groups -OCH3 is 1. The number of hydrogen-bond acceptors (Lipinski definition) is 3. The van der Waals surface area contributed by atoms with E-state index < -0.39 is 0 Å². The first-order valence-electron chi connectivity index (χ1n) is 7.53. The molecule has 23 heavy (non-hydrogen) atoms. The topological polar surface area (TPSA) is 44.1 Å². The molecule has 4 nitrogen and oxygen atoms in total. The first-order valence-corrected chi connectivity index (χ1v) is 7.53. The molecule has 0 unspecified atom stereocenters. The number of aromatic nitrogens is 2. The summed E-state index contributed by atoms with van der Waals surface area (Å²) in [6.07, 6.45) is 0.745. The van der Waals surface area contributed by atoms with E-state index >= 15 is 0 Å². The summed E-state index contributed by atoms with van der Waals surface area (Å²) in [5, 5.41) is 4.47. The van der Waals surface area contributed by atoms with Crippen LogP contribution in [0.25, 0.3) is 11.3 Å². The van der Waals surface area contributed by atoms with Crippen molar-refractivity contribution in [2.24, 2.45) is 0 Å². The molecule has 0 saturated heterocycles. The Kier molecular flexibility index (Phi) is 4.52. The van der Waals surface area contributed by atoms with Gasteiger partial charge < -0.3 is 4.74 Å². The lowest BCUT2D eigenvalue weighted by Crippen LogP contribution is -2.23. The first kappa shape index (κ1) is 15.0. The van der Waals surface area contributed by atoms with Gasteiger partial charge in [0, 0.05) is 18.2 Å². The zero-order valence-electron chi connectivity index (χ0n) is 13.0. The number of nitrogens with zero attached hydrogens (tertiary/aromatic N) is 2. The molecule has 0 N–H and O–H groups in total. The Hall–Kier alpha value is -2.88. The van der Waals surface area contributed by atoms with Crippen molar-refractivity contribution in [2.75, 3.05) is 7.11 Å². The van der Waals surface area contributed by atoms with Crippen molar-refractivity contribution < 1.29 is 4.74 Å². The minimum Gasteiger partial charge on any atom is -0.497 e. The van der Waals surface area contributed by atoms with Gasteiger partial charge in [0.25, 0.3) is 5.56 Å². The lowest BCUT2D eigenvalue weighted by atomic mass is 10.1. The Balaban J connectivity index is 1.78. The molecular weight excluding hydrogens is 288 g/mol. The monoisotopic (exact) mass is 306 g/mol. The summed E-state index contributed by atoms with van der Waals surface area (Å²) in [4.78, 5) is 12.0. The molecule has 0 aliphatic heterocycles. The molecule has 0 bridgehead atoms. The van der Waals surface area contributed by atoms with Gasteiger partial charge in [-0.2, -0.15) is 5.10 Å². The maximum absolute atomic E-state index is 12.0. The molecule has 3 rings (SSSR count). The van der Waals surface area contributed by atoms with Crippen molar-refractivity contribution in [2.45, 2.75) is 13.0 Å². The van der Waals surface area contributed by atoms with E-state index in [1.807, 2.05) is 54.6 Å². The standard InChI is InChI=1S/C19H18N2O2/c1-23-17-9-7-15(8-10-17)13-14-21-19(22)12-11-18(20-21)16-5-3-2-4-6-16/h2-12H,13-14H2,1H3. The van der Waals surface area contributed by atoms with Crippen LogP contribution >= 0.6 is 0 Å². The van der Waals surface area contributed by atoms with Crippen LogP contribution in [0.4, 0.5) is 0 Å². The number of ether oxygens (including phenoxy) is 1. The van der Waals surface area contributed by atoms with E-state index in [2.05, 4.69) is 5.10 Å². The summed E-state index contributed by atoms with van der Waals surface area (Å²) in [7, 11) is 1.65. The predicted octanol–water partition coefficient (Wildman–Crippen LogP) is 3.16. The normalized spacial score (nSPS) is 10.5.